The lowest BCUT2D eigenvalue weighted by molar-refractivity contribution is 0.486. The summed E-state index contributed by atoms with van der Waals surface area (Å²) in [6.07, 6.45) is 3.16. The molecule has 0 atom stereocenters. The lowest BCUT2D eigenvalue weighted by Gasteiger charge is -2.08. The maximum absolute atomic E-state index is 12.2. The summed E-state index contributed by atoms with van der Waals surface area (Å²) >= 11 is 0. The average molecular weight is 305 g/mol. The molecule has 2 aromatic rings. The van der Waals surface area contributed by atoms with Crippen molar-refractivity contribution in [3.8, 4) is 5.75 Å². The van der Waals surface area contributed by atoms with Crippen molar-refractivity contribution in [2.24, 2.45) is 0 Å². The van der Waals surface area contributed by atoms with Gasteiger partial charge in [-0.25, -0.2) is 0 Å². The largest absolute Gasteiger partial charge is 0.399 e. The van der Waals surface area contributed by atoms with Gasteiger partial charge in [-0.05, 0) is 54.8 Å². The molecule has 0 bridgehead atoms. The normalized spacial score (nSPS) is 11.3. The van der Waals surface area contributed by atoms with Crippen LogP contribution >= 0.6 is 0 Å². The van der Waals surface area contributed by atoms with Crippen molar-refractivity contribution in [3.05, 3.63) is 54.1 Å². The van der Waals surface area contributed by atoms with E-state index >= 15 is 0 Å². The van der Waals surface area contributed by atoms with Gasteiger partial charge in [-0.3, -0.25) is 0 Å². The molecule has 2 rings (SSSR count). The first kappa shape index (κ1) is 15.4. The molecule has 0 aromatic heterocycles. The molecule has 0 saturated heterocycles. The number of hydrogen-bond donors (Lipinski definition) is 1. The van der Waals surface area contributed by atoms with Crippen LogP contribution in [0.15, 0.2) is 53.4 Å². The maximum Gasteiger partial charge on any atom is 0.339 e. The molecule has 0 unspecified atom stereocenters. The zero-order valence-corrected chi connectivity index (χ0v) is 12.8. The van der Waals surface area contributed by atoms with Crippen LogP contribution in [0.2, 0.25) is 0 Å². The van der Waals surface area contributed by atoms with Gasteiger partial charge >= 0.3 is 10.1 Å². The van der Waals surface area contributed by atoms with E-state index in [1.165, 1.54) is 12.1 Å². The Morgan fingerprint density at radius 2 is 1.62 bits per heavy atom. The van der Waals surface area contributed by atoms with Crippen LogP contribution < -0.4 is 9.92 Å². The summed E-state index contributed by atoms with van der Waals surface area (Å²) in [5.74, 6) is 0.249. The molecule has 2 aromatic carbocycles. The van der Waals surface area contributed by atoms with E-state index in [1.807, 2.05) is 12.1 Å². The molecular weight excluding hydrogens is 286 g/mol. The third-order valence-electron chi connectivity index (χ3n) is 3.12. The van der Waals surface area contributed by atoms with Crippen LogP contribution in [0.1, 0.15) is 25.3 Å². The smallest absolute Gasteiger partial charge is 0.339 e. The highest BCUT2D eigenvalue weighted by atomic mass is 32.2. The van der Waals surface area contributed by atoms with Crippen LogP contribution in [-0.2, 0) is 16.5 Å². The summed E-state index contributed by atoms with van der Waals surface area (Å²) in [4.78, 5) is 0.152. The van der Waals surface area contributed by atoms with E-state index in [-0.39, 0.29) is 10.6 Å². The van der Waals surface area contributed by atoms with Crippen LogP contribution in [0, 0.1) is 0 Å². The number of anilines is 1. The average Bonchev–Trinajstić information content (AvgIpc) is 2.48. The molecule has 112 valence electrons. The van der Waals surface area contributed by atoms with E-state index in [9.17, 15) is 8.42 Å². The van der Waals surface area contributed by atoms with Gasteiger partial charge in [-0.2, -0.15) is 8.42 Å². The van der Waals surface area contributed by atoms with Gasteiger partial charge in [0.05, 0.1) is 0 Å². The van der Waals surface area contributed by atoms with Gasteiger partial charge in [0.15, 0.2) is 0 Å². The van der Waals surface area contributed by atoms with E-state index in [0.717, 1.165) is 24.8 Å². The minimum absolute atomic E-state index is 0.152. The van der Waals surface area contributed by atoms with Gasteiger partial charge in [0.25, 0.3) is 0 Å². The molecule has 21 heavy (non-hydrogen) atoms. The summed E-state index contributed by atoms with van der Waals surface area (Å²) in [6.45, 7) is 2.12. The summed E-state index contributed by atoms with van der Waals surface area (Å²) in [5, 5.41) is 0. The van der Waals surface area contributed by atoms with E-state index in [4.69, 9.17) is 9.92 Å². The number of nitrogen functional groups attached to an aromatic ring is 1. The quantitative estimate of drug-likeness (QED) is 0.656. The number of aryl methyl sites for hydroxylation is 1. The van der Waals surface area contributed by atoms with E-state index < -0.39 is 10.1 Å². The van der Waals surface area contributed by atoms with Crippen molar-refractivity contribution in [2.45, 2.75) is 31.1 Å². The first-order chi connectivity index (χ1) is 10.0. The highest BCUT2D eigenvalue weighted by Crippen LogP contribution is 2.20. The van der Waals surface area contributed by atoms with Crippen molar-refractivity contribution >= 4 is 15.8 Å². The fraction of sp³-hybridized carbons (Fsp3) is 0.250. The number of benzene rings is 2. The second-order valence-corrected chi connectivity index (χ2v) is 6.40. The molecule has 0 spiro atoms. The Bertz CT molecular complexity index is 676. The zero-order valence-electron chi connectivity index (χ0n) is 12.0. The first-order valence-electron chi connectivity index (χ1n) is 6.90. The van der Waals surface area contributed by atoms with Crippen molar-refractivity contribution in [2.75, 3.05) is 5.73 Å². The zero-order chi connectivity index (χ0) is 15.3. The summed E-state index contributed by atoms with van der Waals surface area (Å²) in [7, 11) is -3.80. The minimum atomic E-state index is -3.80. The highest BCUT2D eigenvalue weighted by Gasteiger charge is 2.16. The third kappa shape index (κ3) is 4.23. The molecule has 0 heterocycles. The second-order valence-electron chi connectivity index (χ2n) is 4.85. The summed E-state index contributed by atoms with van der Waals surface area (Å²) in [5.41, 5.74) is 7.24. The molecule has 0 radical (unpaired) electrons. The lowest BCUT2D eigenvalue weighted by atomic mass is 10.1. The second kappa shape index (κ2) is 6.63. The molecule has 2 N–H and O–H groups in total. The summed E-state index contributed by atoms with van der Waals surface area (Å²) in [6, 6.07) is 13.1. The van der Waals surface area contributed by atoms with Crippen molar-refractivity contribution in [3.63, 3.8) is 0 Å². The van der Waals surface area contributed by atoms with Gasteiger partial charge in [-0.1, -0.05) is 25.5 Å². The molecule has 4 nitrogen and oxygen atoms in total. The fourth-order valence-electron chi connectivity index (χ4n) is 1.90. The molecule has 0 saturated carbocycles. The Hall–Kier alpha value is -2.01. The van der Waals surface area contributed by atoms with Crippen LogP contribution in [0.25, 0.3) is 0 Å². The van der Waals surface area contributed by atoms with Gasteiger partial charge in [0, 0.05) is 5.69 Å². The van der Waals surface area contributed by atoms with Gasteiger partial charge < -0.3 is 9.92 Å². The monoisotopic (exact) mass is 305 g/mol. The molecular formula is C16H19NO3S. The Balaban J connectivity index is 2.13. The van der Waals surface area contributed by atoms with E-state index in [0.29, 0.717) is 5.69 Å². The predicted molar refractivity (Wildman–Crippen MR) is 83.7 cm³/mol. The number of nitrogens with two attached hydrogens (primary N) is 1. The van der Waals surface area contributed by atoms with Crippen molar-refractivity contribution < 1.29 is 12.6 Å². The topological polar surface area (TPSA) is 69.4 Å². The number of unbranched alkanes of at least 4 members (excludes halogenated alkanes) is 1. The Kier molecular flexibility index (Phi) is 4.85. The highest BCUT2D eigenvalue weighted by molar-refractivity contribution is 7.87. The Morgan fingerprint density at radius 3 is 2.19 bits per heavy atom. The van der Waals surface area contributed by atoms with Gasteiger partial charge in [0.2, 0.25) is 0 Å². The number of rotatable bonds is 6. The fourth-order valence-corrected chi connectivity index (χ4v) is 2.83. The minimum Gasteiger partial charge on any atom is -0.399 e. The molecule has 0 fully saturated rings. The van der Waals surface area contributed by atoms with Crippen LogP contribution in [0.4, 0.5) is 5.69 Å². The predicted octanol–water partition coefficient (Wildman–Crippen LogP) is 3.38. The number of hydrogen-bond acceptors (Lipinski definition) is 4. The molecule has 0 aliphatic heterocycles. The van der Waals surface area contributed by atoms with Gasteiger partial charge in [-0.15, -0.1) is 0 Å². The first-order valence-corrected chi connectivity index (χ1v) is 8.31. The standard InChI is InChI=1S/C16H19NO3S/c1-2-3-4-13-5-11-16(12-6-13)21(18,19)20-15-9-7-14(17)8-10-15/h5-12H,2-4,17H2,1H3. The van der Waals surface area contributed by atoms with E-state index in [2.05, 4.69) is 6.92 Å². The molecule has 5 heteroatoms. The SMILES string of the molecule is CCCCc1ccc(S(=O)(=O)Oc2ccc(N)cc2)cc1. The van der Waals surface area contributed by atoms with Crippen LogP contribution in [-0.4, -0.2) is 8.42 Å². The van der Waals surface area contributed by atoms with Crippen LogP contribution in [0.5, 0.6) is 5.75 Å². The summed E-state index contributed by atoms with van der Waals surface area (Å²) < 4.78 is 29.4. The third-order valence-corrected chi connectivity index (χ3v) is 4.38. The van der Waals surface area contributed by atoms with Crippen LogP contribution in [0.3, 0.4) is 0 Å². The molecule has 0 aliphatic carbocycles. The Labute approximate surface area is 125 Å². The molecule has 0 aliphatic rings. The van der Waals surface area contributed by atoms with Gasteiger partial charge in [0.1, 0.15) is 10.6 Å². The lowest BCUT2D eigenvalue weighted by Crippen LogP contribution is -2.09. The van der Waals surface area contributed by atoms with Crippen molar-refractivity contribution in [1.29, 1.82) is 0 Å². The van der Waals surface area contributed by atoms with E-state index in [1.54, 1.807) is 24.3 Å². The van der Waals surface area contributed by atoms with Crippen molar-refractivity contribution in [1.82, 2.24) is 0 Å². The Morgan fingerprint density at radius 1 is 1.00 bits per heavy atom. The maximum atomic E-state index is 12.2. The molecule has 0 amide bonds.